The van der Waals surface area contributed by atoms with Crippen LogP contribution in [0.5, 0.6) is 5.75 Å². The molecule has 0 fully saturated rings. The fourth-order valence-electron chi connectivity index (χ4n) is 1.98. The molecular formula is C14H22N2O5S. The molecular weight excluding hydrogens is 308 g/mol. The normalized spacial score (nSPS) is 11.5. The second kappa shape index (κ2) is 8.11. The third-order valence-corrected chi connectivity index (χ3v) is 5.11. The lowest BCUT2D eigenvalue weighted by atomic mass is 10.3. The van der Waals surface area contributed by atoms with Crippen LogP contribution in [0.1, 0.15) is 13.8 Å². The highest BCUT2D eigenvalue weighted by Crippen LogP contribution is 2.28. The van der Waals surface area contributed by atoms with Crippen LogP contribution in [0.15, 0.2) is 23.1 Å². The molecule has 8 heteroatoms. The molecule has 0 heterocycles. The molecule has 0 bridgehead atoms. The van der Waals surface area contributed by atoms with Crippen molar-refractivity contribution in [3.63, 3.8) is 0 Å². The summed E-state index contributed by atoms with van der Waals surface area (Å²) in [5.41, 5.74) is 0.290. The number of carbonyl (C=O) groups excluding carboxylic acids is 1. The van der Waals surface area contributed by atoms with Gasteiger partial charge in [0.25, 0.3) is 0 Å². The molecule has 0 saturated heterocycles. The number of hydrogen-bond donors (Lipinski definition) is 1. The van der Waals surface area contributed by atoms with E-state index in [2.05, 4.69) is 5.32 Å². The highest BCUT2D eigenvalue weighted by atomic mass is 32.2. The second-order valence-electron chi connectivity index (χ2n) is 4.43. The molecule has 1 N–H and O–H groups in total. The summed E-state index contributed by atoms with van der Waals surface area (Å²) in [6, 6.07) is 4.36. The van der Waals surface area contributed by atoms with Crippen LogP contribution in [0, 0.1) is 0 Å². The minimum Gasteiger partial charge on any atom is -0.495 e. The number of amides is 1. The zero-order chi connectivity index (χ0) is 16.8. The minimum absolute atomic E-state index is 0.102. The van der Waals surface area contributed by atoms with Gasteiger partial charge in [-0.15, -0.1) is 0 Å². The Morgan fingerprint density at radius 3 is 2.36 bits per heavy atom. The lowest BCUT2D eigenvalue weighted by molar-refractivity contribution is -0.119. The molecule has 22 heavy (non-hydrogen) atoms. The zero-order valence-corrected chi connectivity index (χ0v) is 14.1. The summed E-state index contributed by atoms with van der Waals surface area (Å²) in [6.07, 6.45) is 0. The first-order valence-electron chi connectivity index (χ1n) is 6.87. The van der Waals surface area contributed by atoms with Crippen molar-refractivity contribution in [2.45, 2.75) is 18.7 Å². The van der Waals surface area contributed by atoms with Crippen LogP contribution in [-0.4, -0.2) is 52.5 Å². The quantitative estimate of drug-likeness (QED) is 0.777. The predicted octanol–water partition coefficient (Wildman–Crippen LogP) is 1.31. The van der Waals surface area contributed by atoms with Gasteiger partial charge in [0.1, 0.15) is 12.4 Å². The van der Waals surface area contributed by atoms with E-state index in [1.807, 2.05) is 0 Å². The van der Waals surface area contributed by atoms with Crippen LogP contribution in [0.3, 0.4) is 0 Å². The maximum atomic E-state index is 12.5. The number of carbonyl (C=O) groups is 1. The number of hydrogen-bond acceptors (Lipinski definition) is 5. The van der Waals surface area contributed by atoms with Crippen LogP contribution >= 0.6 is 0 Å². The van der Waals surface area contributed by atoms with Crippen molar-refractivity contribution in [1.29, 1.82) is 0 Å². The largest absolute Gasteiger partial charge is 0.495 e. The SMILES string of the molecule is CCN(CC)S(=O)(=O)c1ccc(OC)c(NC(=O)COC)c1. The first kappa shape index (κ1) is 18.4. The van der Waals surface area contributed by atoms with Gasteiger partial charge in [-0.05, 0) is 18.2 Å². The fourth-order valence-corrected chi connectivity index (χ4v) is 3.46. The minimum atomic E-state index is -3.60. The molecule has 1 amide bonds. The van der Waals surface area contributed by atoms with Crippen molar-refractivity contribution in [3.8, 4) is 5.75 Å². The van der Waals surface area contributed by atoms with Crippen molar-refractivity contribution in [1.82, 2.24) is 4.31 Å². The third-order valence-electron chi connectivity index (χ3n) is 3.06. The number of nitrogens with zero attached hydrogens (tertiary/aromatic N) is 1. The van der Waals surface area contributed by atoms with E-state index in [-0.39, 0.29) is 17.2 Å². The molecule has 7 nitrogen and oxygen atoms in total. The van der Waals surface area contributed by atoms with Crippen molar-refractivity contribution in [3.05, 3.63) is 18.2 Å². The Labute approximate surface area is 131 Å². The molecule has 1 aromatic rings. The average molecular weight is 330 g/mol. The molecule has 0 spiro atoms. The van der Waals surface area contributed by atoms with Crippen LogP contribution < -0.4 is 10.1 Å². The number of methoxy groups -OCH3 is 2. The molecule has 1 aromatic carbocycles. The first-order chi connectivity index (χ1) is 10.4. The van der Waals surface area contributed by atoms with Gasteiger partial charge in [0.2, 0.25) is 15.9 Å². The maximum absolute atomic E-state index is 12.5. The Bertz CT molecular complexity index is 612. The average Bonchev–Trinajstić information content (AvgIpc) is 2.48. The van der Waals surface area contributed by atoms with Crippen LogP contribution in [-0.2, 0) is 19.6 Å². The number of sulfonamides is 1. The number of benzene rings is 1. The maximum Gasteiger partial charge on any atom is 0.250 e. The molecule has 0 aliphatic rings. The van der Waals surface area contributed by atoms with E-state index in [0.717, 1.165) is 0 Å². The van der Waals surface area contributed by atoms with Gasteiger partial charge in [-0.3, -0.25) is 4.79 Å². The number of nitrogens with one attached hydrogen (secondary N) is 1. The topological polar surface area (TPSA) is 84.9 Å². The van der Waals surface area contributed by atoms with Crippen molar-refractivity contribution in [2.75, 3.05) is 39.2 Å². The lowest BCUT2D eigenvalue weighted by Crippen LogP contribution is -2.30. The van der Waals surface area contributed by atoms with Crippen LogP contribution in [0.2, 0.25) is 0 Å². The Balaban J connectivity index is 3.22. The van der Waals surface area contributed by atoms with Crippen molar-refractivity contribution >= 4 is 21.6 Å². The lowest BCUT2D eigenvalue weighted by Gasteiger charge is -2.19. The monoisotopic (exact) mass is 330 g/mol. The summed E-state index contributed by atoms with van der Waals surface area (Å²) in [5.74, 6) is -0.0128. The van der Waals surface area contributed by atoms with E-state index in [4.69, 9.17) is 9.47 Å². The van der Waals surface area contributed by atoms with Gasteiger partial charge in [0.05, 0.1) is 17.7 Å². The van der Waals surface area contributed by atoms with Crippen molar-refractivity contribution in [2.24, 2.45) is 0 Å². The summed E-state index contributed by atoms with van der Waals surface area (Å²) < 4.78 is 36.2. The molecule has 124 valence electrons. The van der Waals surface area contributed by atoms with Crippen LogP contribution in [0.25, 0.3) is 0 Å². The van der Waals surface area contributed by atoms with Crippen LogP contribution in [0.4, 0.5) is 5.69 Å². The summed E-state index contributed by atoms with van der Waals surface area (Å²) >= 11 is 0. The summed E-state index contributed by atoms with van der Waals surface area (Å²) in [7, 11) is -0.756. The molecule has 0 atom stereocenters. The van der Waals surface area contributed by atoms with E-state index < -0.39 is 15.9 Å². The van der Waals surface area contributed by atoms with Gasteiger partial charge in [-0.25, -0.2) is 8.42 Å². The summed E-state index contributed by atoms with van der Waals surface area (Å²) in [4.78, 5) is 11.7. The van der Waals surface area contributed by atoms with E-state index in [1.54, 1.807) is 13.8 Å². The Morgan fingerprint density at radius 1 is 1.23 bits per heavy atom. The highest BCUT2D eigenvalue weighted by Gasteiger charge is 2.23. The molecule has 1 rings (SSSR count). The molecule has 0 aromatic heterocycles. The summed E-state index contributed by atoms with van der Waals surface area (Å²) in [5, 5.41) is 2.58. The first-order valence-corrected chi connectivity index (χ1v) is 8.31. The van der Waals surface area contributed by atoms with E-state index in [1.165, 1.54) is 36.7 Å². The van der Waals surface area contributed by atoms with Gasteiger partial charge < -0.3 is 14.8 Å². The highest BCUT2D eigenvalue weighted by molar-refractivity contribution is 7.89. The smallest absolute Gasteiger partial charge is 0.250 e. The third kappa shape index (κ3) is 4.19. The van der Waals surface area contributed by atoms with E-state index in [0.29, 0.717) is 18.8 Å². The van der Waals surface area contributed by atoms with Gasteiger partial charge >= 0.3 is 0 Å². The summed E-state index contributed by atoms with van der Waals surface area (Å²) in [6.45, 7) is 4.15. The second-order valence-corrected chi connectivity index (χ2v) is 6.37. The van der Waals surface area contributed by atoms with E-state index >= 15 is 0 Å². The molecule has 0 aliphatic carbocycles. The fraction of sp³-hybridized carbons (Fsp3) is 0.500. The van der Waals surface area contributed by atoms with Gasteiger partial charge in [-0.1, -0.05) is 13.8 Å². The molecule has 0 aliphatic heterocycles. The van der Waals surface area contributed by atoms with Gasteiger partial charge in [0.15, 0.2) is 0 Å². The number of anilines is 1. The number of ether oxygens (including phenoxy) is 2. The van der Waals surface area contributed by atoms with E-state index in [9.17, 15) is 13.2 Å². The Hall–Kier alpha value is -1.64. The standard InChI is InChI=1S/C14H22N2O5S/c1-5-16(6-2)22(18,19)11-7-8-13(21-4)12(9-11)15-14(17)10-20-3/h7-9H,5-6,10H2,1-4H3,(H,15,17). The molecule has 0 saturated carbocycles. The van der Waals surface area contributed by atoms with Crippen molar-refractivity contribution < 1.29 is 22.7 Å². The zero-order valence-electron chi connectivity index (χ0n) is 13.3. The molecule has 0 radical (unpaired) electrons. The predicted molar refractivity (Wildman–Crippen MR) is 83.6 cm³/mol. The molecule has 0 unspecified atom stereocenters. The Morgan fingerprint density at radius 2 is 1.86 bits per heavy atom. The van der Waals surface area contributed by atoms with Gasteiger partial charge in [0, 0.05) is 20.2 Å². The van der Waals surface area contributed by atoms with Gasteiger partial charge in [-0.2, -0.15) is 4.31 Å². The Kier molecular flexibility index (Phi) is 6.79. The number of rotatable bonds is 8.